The molecule has 58 heavy (non-hydrogen) atoms. The Hall–Kier alpha value is -7.00. The van der Waals surface area contributed by atoms with Crippen LogP contribution in [0.25, 0.3) is 77.8 Å². The molecule has 5 heterocycles. The number of pyridine rings is 2. The molecule has 0 aliphatic heterocycles. The average Bonchev–Trinajstić information content (AvgIpc) is 3.79. The van der Waals surface area contributed by atoms with E-state index in [1.54, 1.807) is 23.5 Å². The van der Waals surface area contributed by atoms with Crippen LogP contribution in [0.3, 0.4) is 0 Å². The molecule has 0 atom stereocenters. The van der Waals surface area contributed by atoms with Crippen molar-refractivity contribution in [2.75, 3.05) is 0 Å². The molecule has 0 spiro atoms. The van der Waals surface area contributed by atoms with Gasteiger partial charge >= 0.3 is 0 Å². The molecular formula is C50H32N6S2. The minimum atomic E-state index is 0.832. The molecule has 6 aromatic carbocycles. The lowest BCUT2D eigenvalue weighted by Crippen LogP contribution is -1.96. The van der Waals surface area contributed by atoms with Crippen LogP contribution in [0.2, 0.25) is 0 Å². The zero-order valence-corrected chi connectivity index (χ0v) is 32.6. The number of hydrogen-bond acceptors (Lipinski definition) is 6. The molecule has 0 unspecified atom stereocenters. The Kier molecular flexibility index (Phi) is 8.56. The fourth-order valence-corrected chi connectivity index (χ4v) is 9.65. The lowest BCUT2D eigenvalue weighted by Gasteiger charge is -2.09. The second-order valence-electron chi connectivity index (χ2n) is 14.0. The SMILES string of the molecule is c1ccc(-n2c3ccccc3c3ccc(Sc4cccc(-c5cnc(-c6cccc(Sc7ccc8c9ccccc9n(-c9ccccn9)c8c7)c6)cn5)c4)cc32)nc1. The fourth-order valence-electron chi connectivity index (χ4n) is 7.83. The van der Waals surface area contributed by atoms with Crippen LogP contribution in [0.5, 0.6) is 0 Å². The van der Waals surface area contributed by atoms with Crippen molar-refractivity contribution in [3.8, 4) is 34.2 Å². The fraction of sp³-hybridized carbons (Fsp3) is 0. The first-order chi connectivity index (χ1) is 28.7. The van der Waals surface area contributed by atoms with Crippen molar-refractivity contribution in [1.29, 1.82) is 0 Å². The standard InChI is InChI=1S/C50H32N6S2/c1-3-17-45-39(15-1)41-23-21-37(29-47(41)55(45)49-19-5-7-25-51-49)57-35-13-9-11-33(27-35)43-31-54-44(32-53-43)34-12-10-14-36(28-34)58-38-22-24-42-40-16-2-4-18-46(40)56(48(42)30-38)50-20-6-8-26-52-50/h1-32H. The molecule has 0 aliphatic rings. The van der Waals surface area contributed by atoms with Gasteiger partial charge in [0.2, 0.25) is 0 Å². The molecular weight excluding hydrogens is 749 g/mol. The Morgan fingerprint density at radius 3 is 1.21 bits per heavy atom. The average molecular weight is 781 g/mol. The van der Waals surface area contributed by atoms with E-state index in [9.17, 15) is 0 Å². The lowest BCUT2D eigenvalue weighted by molar-refractivity contribution is 1.08. The van der Waals surface area contributed by atoms with E-state index in [1.807, 2.05) is 49.1 Å². The van der Waals surface area contributed by atoms with Gasteiger partial charge in [0.1, 0.15) is 11.6 Å². The Balaban J connectivity index is 0.849. The minimum absolute atomic E-state index is 0.832. The highest BCUT2D eigenvalue weighted by Crippen LogP contribution is 2.39. The molecule has 0 radical (unpaired) electrons. The summed E-state index contributed by atoms with van der Waals surface area (Å²) in [5.74, 6) is 1.81. The Morgan fingerprint density at radius 1 is 0.328 bits per heavy atom. The first kappa shape index (κ1) is 34.3. The molecule has 6 nitrogen and oxygen atoms in total. The number of rotatable bonds is 8. The van der Waals surface area contributed by atoms with Crippen molar-refractivity contribution in [3.63, 3.8) is 0 Å². The number of benzene rings is 6. The van der Waals surface area contributed by atoms with E-state index in [0.29, 0.717) is 0 Å². The van der Waals surface area contributed by atoms with Gasteiger partial charge in [-0.2, -0.15) is 0 Å². The van der Waals surface area contributed by atoms with Crippen LogP contribution in [0, 0.1) is 0 Å². The van der Waals surface area contributed by atoms with Crippen LogP contribution in [-0.4, -0.2) is 29.1 Å². The highest BCUT2D eigenvalue weighted by molar-refractivity contribution is 7.99. The van der Waals surface area contributed by atoms with Gasteiger partial charge in [-0.15, -0.1) is 0 Å². The van der Waals surface area contributed by atoms with Gasteiger partial charge < -0.3 is 0 Å². The molecule has 8 heteroatoms. The van der Waals surface area contributed by atoms with E-state index in [2.05, 4.69) is 155 Å². The van der Waals surface area contributed by atoms with E-state index < -0.39 is 0 Å². The number of nitrogens with zero attached hydrogens (tertiary/aromatic N) is 6. The topological polar surface area (TPSA) is 61.4 Å². The monoisotopic (exact) mass is 780 g/mol. The van der Waals surface area contributed by atoms with Crippen LogP contribution in [-0.2, 0) is 0 Å². The normalized spacial score (nSPS) is 11.6. The summed E-state index contributed by atoms with van der Waals surface area (Å²) in [5.41, 5.74) is 8.27. The summed E-state index contributed by atoms with van der Waals surface area (Å²) in [5, 5.41) is 4.85. The highest BCUT2D eigenvalue weighted by Gasteiger charge is 2.16. The summed E-state index contributed by atoms with van der Waals surface area (Å²) >= 11 is 3.48. The first-order valence-corrected chi connectivity index (χ1v) is 20.6. The molecule has 0 amide bonds. The predicted molar refractivity (Wildman–Crippen MR) is 238 cm³/mol. The largest absolute Gasteiger partial charge is 0.294 e. The van der Waals surface area contributed by atoms with Gasteiger partial charge in [-0.1, -0.05) is 108 Å². The molecule has 0 saturated heterocycles. The maximum Gasteiger partial charge on any atom is 0.137 e. The van der Waals surface area contributed by atoms with Crippen LogP contribution < -0.4 is 0 Å². The van der Waals surface area contributed by atoms with E-state index in [1.165, 1.54) is 21.5 Å². The van der Waals surface area contributed by atoms with Gasteiger partial charge in [-0.3, -0.25) is 19.1 Å². The third-order valence-corrected chi connectivity index (χ3v) is 12.4. The predicted octanol–water partition coefficient (Wildman–Crippen LogP) is 13.1. The number of para-hydroxylation sites is 2. The number of fused-ring (bicyclic) bond motifs is 6. The maximum absolute atomic E-state index is 4.89. The molecule has 0 saturated carbocycles. The van der Waals surface area contributed by atoms with E-state index in [0.717, 1.165) is 75.8 Å². The molecule has 0 bridgehead atoms. The number of aromatic nitrogens is 6. The smallest absolute Gasteiger partial charge is 0.137 e. The lowest BCUT2D eigenvalue weighted by atomic mass is 10.1. The molecule has 5 aromatic heterocycles. The van der Waals surface area contributed by atoms with E-state index >= 15 is 0 Å². The minimum Gasteiger partial charge on any atom is -0.294 e. The summed E-state index contributed by atoms with van der Waals surface area (Å²) < 4.78 is 4.50. The molecule has 11 aromatic rings. The summed E-state index contributed by atoms with van der Waals surface area (Å²) in [7, 11) is 0. The molecule has 11 rings (SSSR count). The van der Waals surface area contributed by atoms with Crippen LogP contribution >= 0.6 is 23.5 Å². The molecule has 0 N–H and O–H groups in total. The van der Waals surface area contributed by atoms with Crippen molar-refractivity contribution in [1.82, 2.24) is 29.1 Å². The van der Waals surface area contributed by atoms with Gasteiger partial charge in [0.05, 0.1) is 45.8 Å². The molecule has 0 fully saturated rings. The highest BCUT2D eigenvalue weighted by atomic mass is 32.2. The zero-order valence-electron chi connectivity index (χ0n) is 31.0. The molecule has 0 aliphatic carbocycles. The van der Waals surface area contributed by atoms with Crippen molar-refractivity contribution in [3.05, 3.63) is 195 Å². The third kappa shape index (κ3) is 6.19. The maximum atomic E-state index is 4.89. The Bertz CT molecular complexity index is 3060. The van der Waals surface area contributed by atoms with Crippen LogP contribution in [0.15, 0.2) is 214 Å². The van der Waals surface area contributed by atoms with Gasteiger partial charge in [0.25, 0.3) is 0 Å². The quantitative estimate of drug-likeness (QED) is 0.153. The van der Waals surface area contributed by atoms with E-state index in [-0.39, 0.29) is 0 Å². The number of hydrogen-bond donors (Lipinski definition) is 0. The zero-order chi connectivity index (χ0) is 38.4. The third-order valence-electron chi connectivity index (χ3n) is 10.4. The van der Waals surface area contributed by atoms with Gasteiger partial charge in [-0.25, -0.2) is 9.97 Å². The second-order valence-corrected chi connectivity index (χ2v) is 16.3. The van der Waals surface area contributed by atoms with Gasteiger partial charge in [0.15, 0.2) is 0 Å². The first-order valence-electron chi connectivity index (χ1n) is 19.0. The van der Waals surface area contributed by atoms with Gasteiger partial charge in [-0.05, 0) is 84.9 Å². The Labute approximate surface area is 342 Å². The molecule has 274 valence electrons. The Morgan fingerprint density at radius 2 is 0.759 bits per heavy atom. The van der Waals surface area contributed by atoms with Crippen LogP contribution in [0.4, 0.5) is 0 Å². The van der Waals surface area contributed by atoms with Crippen LogP contribution in [0.1, 0.15) is 0 Å². The second kappa shape index (κ2) is 14.5. The van der Waals surface area contributed by atoms with Crippen molar-refractivity contribution >= 4 is 67.1 Å². The van der Waals surface area contributed by atoms with E-state index in [4.69, 9.17) is 19.9 Å². The summed E-state index contributed by atoms with van der Waals surface area (Å²) in [6.07, 6.45) is 7.44. The van der Waals surface area contributed by atoms with Crippen molar-refractivity contribution in [2.45, 2.75) is 19.6 Å². The van der Waals surface area contributed by atoms with Crippen molar-refractivity contribution in [2.24, 2.45) is 0 Å². The summed E-state index contributed by atoms with van der Waals surface area (Å²) in [4.78, 5) is 23.7. The van der Waals surface area contributed by atoms with Crippen molar-refractivity contribution < 1.29 is 0 Å². The summed E-state index contributed by atoms with van der Waals surface area (Å²) in [6.45, 7) is 0. The van der Waals surface area contributed by atoms with Gasteiger partial charge in [0, 0.05) is 64.6 Å². The summed E-state index contributed by atoms with van der Waals surface area (Å²) in [6, 6.07) is 59.6.